The number of likely N-dealkylation sites (N-methyl/N-ethyl adjacent to an activating group) is 1. The molecule has 1 aromatic carbocycles. The molecule has 18 heavy (non-hydrogen) atoms. The third-order valence-electron chi connectivity index (χ3n) is 2.55. The molecule has 6 heteroatoms. The summed E-state index contributed by atoms with van der Waals surface area (Å²) in [6, 6.07) is 5.31. The maximum Gasteiger partial charge on any atom is 0.326 e. The quantitative estimate of drug-likeness (QED) is 0.806. The van der Waals surface area contributed by atoms with Crippen LogP contribution in [0.2, 0.25) is 0 Å². The zero-order chi connectivity index (χ0) is 13.7. The van der Waals surface area contributed by atoms with E-state index in [1.54, 1.807) is 12.1 Å². The molecule has 98 valence electrons. The van der Waals surface area contributed by atoms with E-state index in [0.29, 0.717) is 0 Å². The highest BCUT2D eigenvalue weighted by Crippen LogP contribution is 2.24. The first-order valence-corrected chi connectivity index (χ1v) is 5.32. The summed E-state index contributed by atoms with van der Waals surface area (Å²) in [5.41, 5.74) is 0. The molecule has 0 spiro atoms. The summed E-state index contributed by atoms with van der Waals surface area (Å²) in [4.78, 5) is 23.4. The van der Waals surface area contributed by atoms with Crippen molar-refractivity contribution in [1.29, 1.82) is 0 Å². The van der Waals surface area contributed by atoms with E-state index in [0.717, 1.165) is 4.90 Å². The van der Waals surface area contributed by atoms with E-state index < -0.39 is 17.9 Å². The molecule has 1 amide bonds. The van der Waals surface area contributed by atoms with E-state index in [1.165, 1.54) is 26.1 Å². The van der Waals surface area contributed by atoms with Crippen molar-refractivity contribution in [3.63, 3.8) is 0 Å². The molecule has 0 radical (unpaired) electrons. The molecule has 0 fully saturated rings. The highest BCUT2D eigenvalue weighted by molar-refractivity contribution is 5.84. The number of phenolic OH excluding ortho intramolecular Hbond substituents is 1. The Kier molecular flexibility index (Phi) is 4.53. The number of para-hydroxylation sites is 2. The Balaban J connectivity index is 2.56. The molecule has 1 atom stereocenters. The first kappa shape index (κ1) is 13.8. The Morgan fingerprint density at radius 2 is 2.00 bits per heavy atom. The summed E-state index contributed by atoms with van der Waals surface area (Å²) in [5.74, 6) is -1.46. The van der Waals surface area contributed by atoms with E-state index in [9.17, 15) is 14.7 Å². The van der Waals surface area contributed by atoms with Gasteiger partial charge in [-0.3, -0.25) is 4.79 Å². The number of benzene rings is 1. The van der Waals surface area contributed by atoms with Crippen LogP contribution in [0.15, 0.2) is 24.3 Å². The number of carbonyl (C=O) groups is 2. The van der Waals surface area contributed by atoms with Gasteiger partial charge in [-0.05, 0) is 19.1 Å². The molecule has 1 aromatic rings. The second kappa shape index (κ2) is 5.90. The predicted octanol–water partition coefficient (Wildman–Crippen LogP) is 0.702. The lowest BCUT2D eigenvalue weighted by Crippen LogP contribution is -2.42. The molecule has 6 nitrogen and oxygen atoms in total. The molecule has 0 aliphatic heterocycles. The van der Waals surface area contributed by atoms with Gasteiger partial charge in [0.25, 0.3) is 5.91 Å². The summed E-state index contributed by atoms with van der Waals surface area (Å²) in [5, 5.41) is 18.2. The number of hydrogen-bond donors (Lipinski definition) is 2. The number of carbonyl (C=O) groups excluding carboxylic acids is 1. The van der Waals surface area contributed by atoms with Crippen LogP contribution in [0, 0.1) is 0 Å². The number of amides is 1. The van der Waals surface area contributed by atoms with Crippen LogP contribution in [0.3, 0.4) is 0 Å². The minimum absolute atomic E-state index is 0.0702. The lowest BCUT2D eigenvalue weighted by atomic mass is 10.3. The Morgan fingerprint density at radius 1 is 1.39 bits per heavy atom. The molecule has 2 N–H and O–H groups in total. The largest absolute Gasteiger partial charge is 0.504 e. The summed E-state index contributed by atoms with van der Waals surface area (Å²) >= 11 is 0. The number of ether oxygens (including phenoxy) is 1. The predicted molar refractivity (Wildman–Crippen MR) is 63.5 cm³/mol. The molecule has 0 aliphatic rings. The van der Waals surface area contributed by atoms with Crippen molar-refractivity contribution in [3.8, 4) is 11.5 Å². The van der Waals surface area contributed by atoms with E-state index >= 15 is 0 Å². The topological polar surface area (TPSA) is 87.1 Å². The number of nitrogens with zero attached hydrogens (tertiary/aromatic N) is 1. The van der Waals surface area contributed by atoms with Crippen LogP contribution in [-0.2, 0) is 9.59 Å². The van der Waals surface area contributed by atoms with Gasteiger partial charge >= 0.3 is 5.97 Å². The summed E-state index contributed by atoms with van der Waals surface area (Å²) in [6.45, 7) is 1.08. The van der Waals surface area contributed by atoms with Crippen molar-refractivity contribution in [2.45, 2.75) is 13.0 Å². The number of aromatic hydroxyl groups is 1. The lowest BCUT2D eigenvalue weighted by molar-refractivity contribution is -0.148. The van der Waals surface area contributed by atoms with E-state index in [4.69, 9.17) is 9.84 Å². The van der Waals surface area contributed by atoms with Gasteiger partial charge in [0, 0.05) is 7.05 Å². The third-order valence-corrected chi connectivity index (χ3v) is 2.55. The molecule has 0 bridgehead atoms. The molecule has 0 heterocycles. The SMILES string of the molecule is CC(C(=O)O)N(C)C(=O)COc1ccccc1O. The zero-order valence-electron chi connectivity index (χ0n) is 10.2. The molecule has 1 unspecified atom stereocenters. The van der Waals surface area contributed by atoms with Crippen molar-refractivity contribution in [2.75, 3.05) is 13.7 Å². The smallest absolute Gasteiger partial charge is 0.326 e. The number of carboxylic acids is 1. The van der Waals surface area contributed by atoms with Gasteiger partial charge in [-0.25, -0.2) is 4.79 Å². The summed E-state index contributed by atoms with van der Waals surface area (Å²) < 4.78 is 5.12. The Bertz CT molecular complexity index is 446. The molecule has 0 saturated heterocycles. The van der Waals surface area contributed by atoms with Gasteiger partial charge in [0.2, 0.25) is 0 Å². The average Bonchev–Trinajstić information content (AvgIpc) is 2.35. The van der Waals surface area contributed by atoms with E-state index in [2.05, 4.69) is 0 Å². The van der Waals surface area contributed by atoms with Crippen LogP contribution >= 0.6 is 0 Å². The van der Waals surface area contributed by atoms with Crippen LogP contribution in [0.5, 0.6) is 11.5 Å². The van der Waals surface area contributed by atoms with Crippen molar-refractivity contribution in [1.82, 2.24) is 4.90 Å². The lowest BCUT2D eigenvalue weighted by Gasteiger charge is -2.21. The fourth-order valence-electron chi connectivity index (χ4n) is 1.20. The maximum absolute atomic E-state index is 11.6. The highest BCUT2D eigenvalue weighted by Gasteiger charge is 2.22. The van der Waals surface area contributed by atoms with Crippen molar-refractivity contribution in [3.05, 3.63) is 24.3 Å². The van der Waals surface area contributed by atoms with Gasteiger partial charge in [0.1, 0.15) is 6.04 Å². The minimum Gasteiger partial charge on any atom is -0.504 e. The van der Waals surface area contributed by atoms with Crippen molar-refractivity contribution in [2.24, 2.45) is 0 Å². The molecule has 0 aromatic heterocycles. The first-order chi connectivity index (χ1) is 8.43. The Hall–Kier alpha value is -2.24. The second-order valence-electron chi connectivity index (χ2n) is 3.78. The Labute approximate surface area is 104 Å². The number of hydrogen-bond acceptors (Lipinski definition) is 4. The molecule has 0 aliphatic carbocycles. The summed E-state index contributed by atoms with van der Waals surface area (Å²) in [6.07, 6.45) is 0. The van der Waals surface area contributed by atoms with E-state index in [1.807, 2.05) is 0 Å². The molecule has 1 rings (SSSR count). The van der Waals surface area contributed by atoms with E-state index in [-0.39, 0.29) is 18.1 Å². The normalized spacial score (nSPS) is 11.7. The standard InChI is InChI=1S/C12H15NO5/c1-8(12(16)17)13(2)11(15)7-18-10-6-4-3-5-9(10)14/h3-6,8,14H,7H2,1-2H3,(H,16,17). The van der Waals surface area contributed by atoms with Crippen molar-refractivity contribution < 1.29 is 24.5 Å². The molecular weight excluding hydrogens is 238 g/mol. The fourth-order valence-corrected chi connectivity index (χ4v) is 1.20. The first-order valence-electron chi connectivity index (χ1n) is 5.32. The van der Waals surface area contributed by atoms with Gasteiger partial charge in [0.05, 0.1) is 0 Å². The van der Waals surface area contributed by atoms with Crippen LogP contribution in [-0.4, -0.2) is 46.7 Å². The molecular formula is C12H15NO5. The maximum atomic E-state index is 11.6. The van der Waals surface area contributed by atoms with Crippen LogP contribution in [0.25, 0.3) is 0 Å². The number of rotatable bonds is 5. The Morgan fingerprint density at radius 3 is 2.56 bits per heavy atom. The summed E-state index contributed by atoms with van der Waals surface area (Å²) in [7, 11) is 1.38. The zero-order valence-corrected chi connectivity index (χ0v) is 10.2. The van der Waals surface area contributed by atoms with Crippen molar-refractivity contribution >= 4 is 11.9 Å². The fraction of sp³-hybridized carbons (Fsp3) is 0.333. The van der Waals surface area contributed by atoms with Gasteiger partial charge in [-0.1, -0.05) is 12.1 Å². The van der Waals surface area contributed by atoms with Gasteiger partial charge in [-0.15, -0.1) is 0 Å². The van der Waals surface area contributed by atoms with Gasteiger partial charge in [-0.2, -0.15) is 0 Å². The average molecular weight is 253 g/mol. The number of carboxylic acid groups (broad SMARTS) is 1. The third kappa shape index (κ3) is 3.38. The van der Waals surface area contributed by atoms with Crippen LogP contribution < -0.4 is 4.74 Å². The highest BCUT2D eigenvalue weighted by atomic mass is 16.5. The van der Waals surface area contributed by atoms with Crippen LogP contribution in [0.1, 0.15) is 6.92 Å². The second-order valence-corrected chi connectivity index (χ2v) is 3.78. The monoisotopic (exact) mass is 253 g/mol. The van der Waals surface area contributed by atoms with Gasteiger partial charge < -0.3 is 19.8 Å². The van der Waals surface area contributed by atoms with Crippen LogP contribution in [0.4, 0.5) is 0 Å². The molecule has 0 saturated carbocycles. The number of phenols is 1. The minimum atomic E-state index is -1.09. The van der Waals surface area contributed by atoms with Gasteiger partial charge in [0.15, 0.2) is 18.1 Å². The number of aliphatic carboxylic acids is 1.